The first kappa shape index (κ1) is 21.5. The van der Waals surface area contributed by atoms with Gasteiger partial charge >= 0.3 is 0 Å². The summed E-state index contributed by atoms with van der Waals surface area (Å²) in [5.74, 6) is 1.13. The summed E-state index contributed by atoms with van der Waals surface area (Å²) >= 11 is 3.54. The van der Waals surface area contributed by atoms with Gasteiger partial charge in [-0.1, -0.05) is 37.3 Å². The maximum atomic E-state index is 12.6. The number of nitrogens with one attached hydrogen (secondary N) is 1. The number of amides is 2. The Hall–Kier alpha value is -2.21. The molecule has 0 bridgehead atoms. The van der Waals surface area contributed by atoms with Crippen LogP contribution in [0.25, 0.3) is 11.1 Å². The smallest absolute Gasteiger partial charge is 0.225 e. The molecule has 2 aromatic rings. The predicted molar refractivity (Wildman–Crippen MR) is 119 cm³/mol. The van der Waals surface area contributed by atoms with E-state index in [1.54, 1.807) is 6.20 Å². The first-order valence-electron chi connectivity index (χ1n) is 10.2. The molecule has 6 heteroatoms. The van der Waals surface area contributed by atoms with Crippen LogP contribution in [0.1, 0.15) is 45.4 Å². The number of aromatic nitrogens is 1. The zero-order valence-corrected chi connectivity index (χ0v) is 18.6. The minimum atomic E-state index is 0.000253. The van der Waals surface area contributed by atoms with E-state index < -0.39 is 0 Å². The normalized spacial score (nSPS) is 18.9. The molecule has 1 N–H and O–H groups in total. The summed E-state index contributed by atoms with van der Waals surface area (Å²) in [7, 11) is 1.90. The third-order valence-corrected chi connectivity index (χ3v) is 6.37. The lowest BCUT2D eigenvalue weighted by Crippen LogP contribution is -2.39. The summed E-state index contributed by atoms with van der Waals surface area (Å²) in [4.78, 5) is 30.7. The number of hydrogen-bond donors (Lipinski definition) is 1. The molecule has 1 fully saturated rings. The van der Waals surface area contributed by atoms with Crippen LogP contribution in [-0.4, -0.2) is 34.8 Å². The van der Waals surface area contributed by atoms with Crippen LogP contribution in [0.3, 0.4) is 0 Å². The van der Waals surface area contributed by atoms with E-state index in [1.165, 1.54) is 0 Å². The molecule has 0 radical (unpaired) electrons. The molecule has 1 aromatic heterocycles. The standard InChI is InChI=1S/C23H28BrN3O2/c1-3-23(29)27(2)18-11-9-16(10-12-18)13-22(28)26-21-14-19(20(24)15-25-21)17-7-5-4-6-8-17/h4-8,14-16,18H,3,9-13H2,1-2H3,(H,25,26,28)/t16-,18-. The molecule has 1 aliphatic rings. The van der Waals surface area contributed by atoms with E-state index >= 15 is 0 Å². The van der Waals surface area contributed by atoms with Crippen LogP contribution in [0, 0.1) is 5.92 Å². The molecule has 0 atom stereocenters. The van der Waals surface area contributed by atoms with Crippen molar-refractivity contribution in [1.29, 1.82) is 0 Å². The van der Waals surface area contributed by atoms with E-state index in [1.807, 2.05) is 55.3 Å². The van der Waals surface area contributed by atoms with Gasteiger partial charge in [0.15, 0.2) is 0 Å². The molecule has 0 unspecified atom stereocenters. The Morgan fingerprint density at radius 3 is 2.52 bits per heavy atom. The Labute approximate surface area is 181 Å². The fourth-order valence-electron chi connectivity index (χ4n) is 3.99. The maximum Gasteiger partial charge on any atom is 0.225 e. The molecule has 0 aliphatic heterocycles. The number of anilines is 1. The molecular formula is C23H28BrN3O2. The van der Waals surface area contributed by atoms with Crippen LogP contribution in [0.4, 0.5) is 5.82 Å². The highest BCUT2D eigenvalue weighted by atomic mass is 79.9. The van der Waals surface area contributed by atoms with Crippen molar-refractivity contribution >= 4 is 33.6 Å². The Balaban J connectivity index is 1.55. The molecule has 1 aromatic carbocycles. The van der Waals surface area contributed by atoms with Gasteiger partial charge in [-0.05, 0) is 59.2 Å². The second kappa shape index (κ2) is 10.0. The molecule has 0 spiro atoms. The van der Waals surface area contributed by atoms with Gasteiger partial charge in [-0.25, -0.2) is 4.98 Å². The molecule has 1 saturated carbocycles. The van der Waals surface area contributed by atoms with Crippen LogP contribution in [-0.2, 0) is 9.59 Å². The van der Waals surface area contributed by atoms with Gasteiger partial charge in [0.1, 0.15) is 5.82 Å². The number of benzene rings is 1. The maximum absolute atomic E-state index is 12.6. The van der Waals surface area contributed by atoms with Gasteiger partial charge in [0.05, 0.1) is 0 Å². The van der Waals surface area contributed by atoms with E-state index in [0.29, 0.717) is 30.6 Å². The van der Waals surface area contributed by atoms with E-state index in [4.69, 9.17) is 0 Å². The lowest BCUT2D eigenvalue weighted by atomic mass is 9.83. The van der Waals surface area contributed by atoms with Gasteiger partial charge in [-0.15, -0.1) is 0 Å². The summed E-state index contributed by atoms with van der Waals surface area (Å²) < 4.78 is 0.894. The second-order valence-electron chi connectivity index (χ2n) is 7.70. The SMILES string of the molecule is CCC(=O)N(C)[C@H]1CC[C@H](CC(=O)Nc2cc(-c3ccccc3)c(Br)cn2)CC1. The summed E-state index contributed by atoms with van der Waals surface area (Å²) in [5.41, 5.74) is 2.07. The van der Waals surface area contributed by atoms with Crippen molar-refractivity contribution in [3.63, 3.8) is 0 Å². The Morgan fingerprint density at radius 1 is 1.17 bits per heavy atom. The van der Waals surface area contributed by atoms with Gasteiger partial charge in [0, 0.05) is 42.2 Å². The Bertz CT molecular complexity index is 848. The van der Waals surface area contributed by atoms with Gasteiger partial charge < -0.3 is 10.2 Å². The number of rotatable bonds is 6. The van der Waals surface area contributed by atoms with Crippen molar-refractivity contribution in [3.8, 4) is 11.1 Å². The van der Waals surface area contributed by atoms with Crippen LogP contribution >= 0.6 is 15.9 Å². The topological polar surface area (TPSA) is 62.3 Å². The monoisotopic (exact) mass is 457 g/mol. The average molecular weight is 458 g/mol. The van der Waals surface area contributed by atoms with Crippen molar-refractivity contribution in [3.05, 3.63) is 47.1 Å². The lowest BCUT2D eigenvalue weighted by Gasteiger charge is -2.34. The highest BCUT2D eigenvalue weighted by Gasteiger charge is 2.27. The summed E-state index contributed by atoms with van der Waals surface area (Å²) in [6.45, 7) is 1.90. The van der Waals surface area contributed by atoms with Crippen LogP contribution in [0.5, 0.6) is 0 Å². The zero-order valence-electron chi connectivity index (χ0n) is 17.0. The molecule has 0 saturated heterocycles. The quantitative estimate of drug-likeness (QED) is 0.642. The van der Waals surface area contributed by atoms with E-state index in [0.717, 1.165) is 41.3 Å². The second-order valence-corrected chi connectivity index (χ2v) is 8.55. The van der Waals surface area contributed by atoms with Crippen molar-refractivity contribution in [2.24, 2.45) is 5.92 Å². The summed E-state index contributed by atoms with van der Waals surface area (Å²) in [6.07, 6.45) is 6.65. The van der Waals surface area contributed by atoms with Crippen LogP contribution in [0.15, 0.2) is 47.1 Å². The van der Waals surface area contributed by atoms with Crippen molar-refractivity contribution in [2.75, 3.05) is 12.4 Å². The van der Waals surface area contributed by atoms with Gasteiger partial charge in [-0.3, -0.25) is 9.59 Å². The summed E-state index contributed by atoms with van der Waals surface area (Å²) in [5, 5.41) is 2.95. The van der Waals surface area contributed by atoms with Crippen molar-refractivity contribution in [1.82, 2.24) is 9.88 Å². The zero-order chi connectivity index (χ0) is 20.8. The Morgan fingerprint density at radius 2 is 1.86 bits per heavy atom. The largest absolute Gasteiger partial charge is 0.343 e. The minimum Gasteiger partial charge on any atom is -0.343 e. The molecular weight excluding hydrogens is 430 g/mol. The molecule has 1 heterocycles. The molecule has 1 aliphatic carbocycles. The number of pyridine rings is 1. The van der Waals surface area contributed by atoms with Crippen LogP contribution in [0.2, 0.25) is 0 Å². The third-order valence-electron chi connectivity index (χ3n) is 5.74. The van der Waals surface area contributed by atoms with Gasteiger partial charge in [0.25, 0.3) is 0 Å². The number of nitrogens with zero attached hydrogens (tertiary/aromatic N) is 2. The third kappa shape index (κ3) is 5.66. The Kier molecular flexibility index (Phi) is 7.42. The lowest BCUT2D eigenvalue weighted by molar-refractivity contribution is -0.132. The summed E-state index contributed by atoms with van der Waals surface area (Å²) in [6, 6.07) is 12.2. The minimum absolute atomic E-state index is 0.000253. The highest BCUT2D eigenvalue weighted by molar-refractivity contribution is 9.10. The van der Waals surface area contributed by atoms with Gasteiger partial charge in [-0.2, -0.15) is 0 Å². The molecule has 3 rings (SSSR count). The van der Waals surface area contributed by atoms with Gasteiger partial charge in [0.2, 0.25) is 11.8 Å². The molecule has 2 amide bonds. The van der Waals surface area contributed by atoms with Crippen molar-refractivity contribution in [2.45, 2.75) is 51.5 Å². The highest BCUT2D eigenvalue weighted by Crippen LogP contribution is 2.31. The first-order valence-corrected chi connectivity index (χ1v) is 11.0. The van der Waals surface area contributed by atoms with Crippen molar-refractivity contribution < 1.29 is 9.59 Å². The van der Waals surface area contributed by atoms with E-state index in [-0.39, 0.29) is 11.8 Å². The average Bonchev–Trinajstić information content (AvgIpc) is 2.75. The van der Waals surface area contributed by atoms with E-state index in [9.17, 15) is 9.59 Å². The predicted octanol–water partition coefficient (Wildman–Crippen LogP) is 5.27. The fourth-order valence-corrected chi connectivity index (χ4v) is 4.44. The number of hydrogen-bond acceptors (Lipinski definition) is 3. The number of carbonyl (C=O) groups is 2. The molecule has 154 valence electrons. The fraction of sp³-hybridized carbons (Fsp3) is 0.435. The molecule has 29 heavy (non-hydrogen) atoms. The van der Waals surface area contributed by atoms with Crippen LogP contribution < -0.4 is 5.32 Å². The number of carbonyl (C=O) groups excluding carboxylic acids is 2. The molecule has 5 nitrogen and oxygen atoms in total. The first-order chi connectivity index (χ1) is 14.0. The number of halogens is 1. The van der Waals surface area contributed by atoms with E-state index in [2.05, 4.69) is 26.2 Å².